The van der Waals surface area contributed by atoms with Gasteiger partial charge < -0.3 is 4.74 Å². The number of rotatable bonds is 4. The molecule has 8 heteroatoms. The van der Waals surface area contributed by atoms with E-state index in [1.54, 1.807) is 54.6 Å². The second kappa shape index (κ2) is 7.90. The maximum absolute atomic E-state index is 13.6. The molecule has 166 valence electrons. The summed E-state index contributed by atoms with van der Waals surface area (Å²) in [6.07, 6.45) is 0. The number of sulfonamides is 1. The number of nitrogens with zero attached hydrogens (tertiary/aromatic N) is 2. The van der Waals surface area contributed by atoms with Crippen LogP contribution in [0.4, 0.5) is 5.69 Å². The predicted molar refractivity (Wildman–Crippen MR) is 125 cm³/mol. The minimum Gasteiger partial charge on any atom is -0.465 e. The van der Waals surface area contributed by atoms with Gasteiger partial charge in [-0.3, -0.25) is 9.40 Å². The summed E-state index contributed by atoms with van der Waals surface area (Å²) < 4.78 is 33.5. The highest BCUT2D eigenvalue weighted by Gasteiger charge is 2.34. The fourth-order valence-corrected chi connectivity index (χ4v) is 5.50. The Morgan fingerprint density at radius 1 is 1.00 bits per heavy atom. The zero-order valence-corrected chi connectivity index (χ0v) is 18.9. The zero-order valence-electron chi connectivity index (χ0n) is 18.1. The minimum absolute atomic E-state index is 0.132. The summed E-state index contributed by atoms with van der Waals surface area (Å²) in [4.78, 5) is 12.0. The van der Waals surface area contributed by atoms with E-state index in [0.717, 1.165) is 27.9 Å². The first kappa shape index (κ1) is 21.0. The number of nitrogens with one attached hydrogen (secondary N) is 1. The van der Waals surface area contributed by atoms with E-state index in [-0.39, 0.29) is 11.4 Å². The van der Waals surface area contributed by atoms with Crippen molar-refractivity contribution in [1.29, 1.82) is 0 Å². The summed E-state index contributed by atoms with van der Waals surface area (Å²) in [7, 11) is -2.47. The molecule has 0 amide bonds. The monoisotopic (exact) mass is 459 g/mol. The normalized spacial score (nSPS) is 12.7. The molecule has 0 unspecified atom stereocenters. The van der Waals surface area contributed by atoms with Gasteiger partial charge in [0.25, 0.3) is 10.0 Å². The highest BCUT2D eigenvalue weighted by molar-refractivity contribution is 7.92. The molecule has 0 aliphatic carbocycles. The summed E-state index contributed by atoms with van der Waals surface area (Å²) in [6, 6.07) is 21.1. The van der Waals surface area contributed by atoms with Crippen molar-refractivity contribution in [2.24, 2.45) is 0 Å². The second-order valence-electron chi connectivity index (χ2n) is 7.84. The molecular weight excluding hydrogens is 438 g/mol. The lowest BCUT2D eigenvalue weighted by Gasteiger charge is -2.30. The number of aromatic nitrogens is 2. The number of ether oxygens (including phenoxy) is 1. The summed E-state index contributed by atoms with van der Waals surface area (Å²) in [6.45, 7) is 2.05. The van der Waals surface area contributed by atoms with Crippen LogP contribution >= 0.6 is 0 Å². The molecule has 1 aliphatic rings. The van der Waals surface area contributed by atoms with Gasteiger partial charge in [0.2, 0.25) is 0 Å². The molecule has 5 rings (SSSR count). The first-order valence-electron chi connectivity index (χ1n) is 10.3. The van der Waals surface area contributed by atoms with Crippen LogP contribution in [0.2, 0.25) is 0 Å². The van der Waals surface area contributed by atoms with Crippen LogP contribution in [-0.2, 0) is 21.3 Å². The van der Waals surface area contributed by atoms with E-state index in [2.05, 4.69) is 10.2 Å². The number of hydrogen-bond acceptors (Lipinski definition) is 5. The van der Waals surface area contributed by atoms with Gasteiger partial charge in [-0.1, -0.05) is 48.0 Å². The third kappa shape index (κ3) is 3.48. The van der Waals surface area contributed by atoms with Gasteiger partial charge in [0.05, 0.1) is 41.2 Å². The zero-order chi connectivity index (χ0) is 23.2. The van der Waals surface area contributed by atoms with Gasteiger partial charge in [0.1, 0.15) is 0 Å². The second-order valence-corrected chi connectivity index (χ2v) is 9.70. The van der Waals surface area contributed by atoms with Crippen molar-refractivity contribution in [1.82, 2.24) is 10.2 Å². The number of aromatic amines is 1. The van der Waals surface area contributed by atoms with Crippen LogP contribution in [0.25, 0.3) is 22.5 Å². The fourth-order valence-electron chi connectivity index (χ4n) is 4.05. The molecule has 33 heavy (non-hydrogen) atoms. The van der Waals surface area contributed by atoms with Gasteiger partial charge in [-0.05, 0) is 37.3 Å². The first-order chi connectivity index (χ1) is 15.9. The lowest BCUT2D eigenvalue weighted by atomic mass is 9.97. The molecule has 0 bridgehead atoms. The van der Waals surface area contributed by atoms with Gasteiger partial charge in [-0.25, -0.2) is 13.2 Å². The Labute approximate surface area is 191 Å². The number of esters is 1. The third-order valence-electron chi connectivity index (χ3n) is 5.80. The number of carbonyl (C=O) groups excluding carboxylic acids is 1. The van der Waals surface area contributed by atoms with Crippen LogP contribution in [-0.4, -0.2) is 31.7 Å². The highest BCUT2D eigenvalue weighted by atomic mass is 32.2. The van der Waals surface area contributed by atoms with E-state index in [4.69, 9.17) is 4.74 Å². The number of para-hydroxylation sites is 1. The topological polar surface area (TPSA) is 92.4 Å². The molecule has 3 aromatic carbocycles. The minimum atomic E-state index is -3.80. The van der Waals surface area contributed by atoms with Crippen molar-refractivity contribution < 1.29 is 17.9 Å². The molecule has 0 fully saturated rings. The van der Waals surface area contributed by atoms with E-state index in [1.807, 2.05) is 25.1 Å². The average molecular weight is 460 g/mol. The first-order valence-corrected chi connectivity index (χ1v) is 11.8. The van der Waals surface area contributed by atoms with Crippen molar-refractivity contribution in [3.05, 3.63) is 89.5 Å². The van der Waals surface area contributed by atoms with E-state index < -0.39 is 16.0 Å². The lowest BCUT2D eigenvalue weighted by molar-refractivity contribution is 0.0600. The van der Waals surface area contributed by atoms with Crippen molar-refractivity contribution in [2.75, 3.05) is 11.4 Å². The van der Waals surface area contributed by atoms with Gasteiger partial charge in [0, 0.05) is 16.7 Å². The van der Waals surface area contributed by atoms with Crippen LogP contribution in [0.5, 0.6) is 0 Å². The molecule has 0 radical (unpaired) electrons. The van der Waals surface area contributed by atoms with Crippen LogP contribution in [0.15, 0.2) is 77.7 Å². The number of fused-ring (bicyclic) bond motifs is 3. The third-order valence-corrected chi connectivity index (χ3v) is 7.57. The van der Waals surface area contributed by atoms with Gasteiger partial charge in [-0.2, -0.15) is 5.10 Å². The van der Waals surface area contributed by atoms with Crippen molar-refractivity contribution in [3.63, 3.8) is 0 Å². The van der Waals surface area contributed by atoms with E-state index in [0.29, 0.717) is 16.9 Å². The molecule has 7 nitrogen and oxygen atoms in total. The van der Waals surface area contributed by atoms with Crippen LogP contribution in [0.1, 0.15) is 21.5 Å². The van der Waals surface area contributed by atoms with Crippen molar-refractivity contribution in [2.45, 2.75) is 18.4 Å². The summed E-state index contributed by atoms with van der Waals surface area (Å²) in [5.41, 5.74) is 5.75. The number of anilines is 1. The number of carbonyl (C=O) groups is 1. The number of H-pyrrole nitrogens is 1. The van der Waals surface area contributed by atoms with Gasteiger partial charge in [0.15, 0.2) is 0 Å². The molecule has 2 heterocycles. The lowest BCUT2D eigenvalue weighted by Crippen LogP contribution is -2.33. The summed E-state index contributed by atoms with van der Waals surface area (Å²) in [5, 5.41) is 7.59. The molecule has 0 saturated heterocycles. The molecule has 4 aromatic rings. The Morgan fingerprint density at radius 2 is 1.70 bits per heavy atom. The molecular formula is C25H21N3O4S. The largest absolute Gasteiger partial charge is 0.465 e. The molecule has 0 atom stereocenters. The quantitative estimate of drug-likeness (QED) is 0.452. The average Bonchev–Trinajstić information content (AvgIpc) is 3.28. The Morgan fingerprint density at radius 3 is 2.39 bits per heavy atom. The Kier molecular flexibility index (Phi) is 5.02. The number of methoxy groups -OCH3 is 1. The Bertz CT molecular complexity index is 1460. The SMILES string of the molecule is COC(=O)c1ccc(-c2n[nH]c3c2CN(S(=O)(=O)c2ccc(C)cc2)c2ccccc2-3)cc1. The summed E-state index contributed by atoms with van der Waals surface area (Å²) in [5.74, 6) is -0.421. The van der Waals surface area contributed by atoms with Gasteiger partial charge >= 0.3 is 5.97 Å². The molecule has 1 N–H and O–H groups in total. The van der Waals surface area contributed by atoms with Crippen molar-refractivity contribution >= 4 is 21.7 Å². The molecule has 1 aromatic heterocycles. The van der Waals surface area contributed by atoms with E-state index >= 15 is 0 Å². The molecule has 0 spiro atoms. The Balaban J connectivity index is 1.62. The molecule has 1 aliphatic heterocycles. The smallest absolute Gasteiger partial charge is 0.337 e. The van der Waals surface area contributed by atoms with Crippen LogP contribution < -0.4 is 4.31 Å². The van der Waals surface area contributed by atoms with Crippen LogP contribution in [0, 0.1) is 6.92 Å². The summed E-state index contributed by atoms with van der Waals surface area (Å²) >= 11 is 0. The highest BCUT2D eigenvalue weighted by Crippen LogP contribution is 2.43. The van der Waals surface area contributed by atoms with Crippen molar-refractivity contribution in [3.8, 4) is 22.5 Å². The number of hydrogen-bond donors (Lipinski definition) is 1. The molecule has 0 saturated carbocycles. The van der Waals surface area contributed by atoms with E-state index in [1.165, 1.54) is 11.4 Å². The fraction of sp³-hybridized carbons (Fsp3) is 0.120. The standard InChI is InChI=1S/C25H21N3O4S/c1-16-7-13-19(14-8-16)33(30,31)28-15-21-23(17-9-11-18(12-10-17)25(29)32-2)26-27-24(21)20-5-3-4-6-22(20)28/h3-14H,15H2,1-2H3,(H,26,27). The van der Waals surface area contributed by atoms with Gasteiger partial charge in [-0.15, -0.1) is 0 Å². The predicted octanol–water partition coefficient (Wildman–Crippen LogP) is 4.55. The van der Waals surface area contributed by atoms with E-state index in [9.17, 15) is 13.2 Å². The maximum Gasteiger partial charge on any atom is 0.337 e. The van der Waals surface area contributed by atoms with Crippen LogP contribution in [0.3, 0.4) is 0 Å². The Hall–Kier alpha value is -3.91. The maximum atomic E-state index is 13.6. The number of aryl methyl sites for hydroxylation is 1. The number of benzene rings is 3.